The van der Waals surface area contributed by atoms with Crippen LogP contribution in [0.4, 0.5) is 0 Å². The van der Waals surface area contributed by atoms with Crippen molar-refractivity contribution in [2.24, 2.45) is 0 Å². The van der Waals surface area contributed by atoms with Gasteiger partial charge in [-0.15, -0.1) is 15.3 Å². The summed E-state index contributed by atoms with van der Waals surface area (Å²) < 4.78 is 4.53. The Morgan fingerprint density at radius 1 is 1.32 bits per heavy atom. The fraction of sp³-hybridized carbons (Fsp3) is 0.312. The van der Waals surface area contributed by atoms with E-state index in [1.54, 1.807) is 11.0 Å². The van der Waals surface area contributed by atoms with Crippen LogP contribution in [0.3, 0.4) is 0 Å². The van der Waals surface area contributed by atoms with E-state index < -0.39 is 0 Å². The fourth-order valence-electron chi connectivity index (χ4n) is 2.50. The molecule has 1 amide bonds. The van der Waals surface area contributed by atoms with Crippen molar-refractivity contribution in [1.82, 2.24) is 35.1 Å². The summed E-state index contributed by atoms with van der Waals surface area (Å²) in [5.41, 5.74) is 1.85. The minimum Gasteiger partial charge on any atom is -0.350 e. The van der Waals surface area contributed by atoms with Gasteiger partial charge in [-0.2, -0.15) is 0 Å². The van der Waals surface area contributed by atoms with Gasteiger partial charge in [-0.3, -0.25) is 4.79 Å². The molecule has 0 aliphatic heterocycles. The standard InChI is InChI=1S/C16H18BrN7O/c1-3-23-10-19-20-14(23)7-8-18-16(25)15-11(2)24(22-21-15)13-6-4-5-12(17)9-13/h4-6,9-10H,3,7-8H2,1-2H3,(H,18,25). The molecule has 0 aliphatic rings. The van der Waals surface area contributed by atoms with Gasteiger partial charge < -0.3 is 9.88 Å². The van der Waals surface area contributed by atoms with E-state index in [1.807, 2.05) is 42.7 Å². The van der Waals surface area contributed by atoms with Crippen molar-refractivity contribution in [1.29, 1.82) is 0 Å². The molecule has 0 radical (unpaired) electrons. The van der Waals surface area contributed by atoms with Crippen LogP contribution in [-0.4, -0.2) is 42.2 Å². The highest BCUT2D eigenvalue weighted by Gasteiger charge is 2.17. The first-order valence-electron chi connectivity index (χ1n) is 7.93. The van der Waals surface area contributed by atoms with Crippen LogP contribution in [0, 0.1) is 6.92 Å². The average molecular weight is 404 g/mol. The van der Waals surface area contributed by atoms with Crippen LogP contribution in [0.5, 0.6) is 0 Å². The van der Waals surface area contributed by atoms with Gasteiger partial charge in [0.2, 0.25) is 0 Å². The van der Waals surface area contributed by atoms with E-state index in [0.29, 0.717) is 24.4 Å². The summed E-state index contributed by atoms with van der Waals surface area (Å²) in [5.74, 6) is 0.596. The molecule has 0 fully saturated rings. The molecule has 0 atom stereocenters. The molecule has 2 aromatic heterocycles. The molecule has 0 unspecified atom stereocenters. The molecule has 1 N–H and O–H groups in total. The highest BCUT2D eigenvalue weighted by atomic mass is 79.9. The number of benzene rings is 1. The first-order chi connectivity index (χ1) is 12.1. The molecule has 25 heavy (non-hydrogen) atoms. The maximum Gasteiger partial charge on any atom is 0.273 e. The van der Waals surface area contributed by atoms with E-state index in [-0.39, 0.29) is 5.91 Å². The summed E-state index contributed by atoms with van der Waals surface area (Å²) in [4.78, 5) is 12.4. The van der Waals surface area contributed by atoms with E-state index in [9.17, 15) is 4.79 Å². The second kappa shape index (κ2) is 7.56. The molecule has 0 saturated carbocycles. The number of hydrogen-bond donors (Lipinski definition) is 1. The highest BCUT2D eigenvalue weighted by Crippen LogP contribution is 2.17. The Balaban J connectivity index is 1.67. The molecule has 0 saturated heterocycles. The molecule has 0 aliphatic carbocycles. The molecule has 3 aromatic rings. The van der Waals surface area contributed by atoms with Crippen molar-refractivity contribution in [2.45, 2.75) is 26.8 Å². The Kier molecular flexibility index (Phi) is 5.22. The number of halogens is 1. The number of carbonyl (C=O) groups excluding carboxylic acids is 1. The lowest BCUT2D eigenvalue weighted by Crippen LogP contribution is -2.27. The van der Waals surface area contributed by atoms with Crippen LogP contribution in [0.15, 0.2) is 35.1 Å². The fourth-order valence-corrected chi connectivity index (χ4v) is 2.89. The number of aromatic nitrogens is 6. The summed E-state index contributed by atoms with van der Waals surface area (Å²) in [6.07, 6.45) is 2.29. The number of nitrogens with zero attached hydrogens (tertiary/aromatic N) is 6. The van der Waals surface area contributed by atoms with Gasteiger partial charge in [0.1, 0.15) is 12.2 Å². The molecule has 130 valence electrons. The van der Waals surface area contributed by atoms with Crippen LogP contribution >= 0.6 is 15.9 Å². The molecular weight excluding hydrogens is 386 g/mol. The van der Waals surface area contributed by atoms with E-state index in [1.165, 1.54) is 0 Å². The normalized spacial score (nSPS) is 10.8. The Hall–Kier alpha value is -2.55. The van der Waals surface area contributed by atoms with Gasteiger partial charge in [-0.1, -0.05) is 27.2 Å². The average Bonchev–Trinajstić information content (AvgIpc) is 3.21. The van der Waals surface area contributed by atoms with E-state index in [0.717, 1.165) is 22.5 Å². The maximum atomic E-state index is 12.4. The minimum atomic E-state index is -0.249. The van der Waals surface area contributed by atoms with Crippen LogP contribution in [0.25, 0.3) is 5.69 Å². The monoisotopic (exact) mass is 403 g/mol. The van der Waals surface area contributed by atoms with Crippen molar-refractivity contribution in [3.05, 3.63) is 52.3 Å². The third-order valence-electron chi connectivity index (χ3n) is 3.83. The number of hydrogen-bond acceptors (Lipinski definition) is 5. The van der Waals surface area contributed by atoms with Crippen LogP contribution < -0.4 is 5.32 Å². The number of amides is 1. The largest absolute Gasteiger partial charge is 0.350 e. The van der Waals surface area contributed by atoms with Gasteiger partial charge in [0.05, 0.1) is 11.4 Å². The van der Waals surface area contributed by atoms with Crippen molar-refractivity contribution in [3.8, 4) is 5.69 Å². The van der Waals surface area contributed by atoms with E-state index >= 15 is 0 Å². The number of aryl methyl sites for hydroxylation is 1. The van der Waals surface area contributed by atoms with Gasteiger partial charge in [0.25, 0.3) is 5.91 Å². The molecule has 1 aromatic carbocycles. The lowest BCUT2D eigenvalue weighted by molar-refractivity contribution is 0.0948. The zero-order chi connectivity index (χ0) is 17.8. The summed E-state index contributed by atoms with van der Waals surface area (Å²) in [7, 11) is 0. The summed E-state index contributed by atoms with van der Waals surface area (Å²) >= 11 is 3.43. The van der Waals surface area contributed by atoms with Gasteiger partial charge in [0.15, 0.2) is 5.69 Å². The smallest absolute Gasteiger partial charge is 0.273 e. The third-order valence-corrected chi connectivity index (χ3v) is 4.33. The summed E-state index contributed by atoms with van der Waals surface area (Å²) in [5, 5.41) is 18.9. The van der Waals surface area contributed by atoms with E-state index in [2.05, 4.69) is 41.8 Å². The predicted octanol–water partition coefficient (Wildman–Crippen LogP) is 1.92. The molecule has 9 heteroatoms. The first-order valence-corrected chi connectivity index (χ1v) is 8.72. The Labute approximate surface area is 153 Å². The Bertz CT molecular complexity index is 886. The van der Waals surface area contributed by atoms with Crippen LogP contribution in [-0.2, 0) is 13.0 Å². The topological polar surface area (TPSA) is 90.5 Å². The number of rotatable bonds is 6. The Morgan fingerprint density at radius 3 is 2.92 bits per heavy atom. The van der Waals surface area contributed by atoms with Gasteiger partial charge in [-0.05, 0) is 32.0 Å². The molecule has 2 heterocycles. The van der Waals surface area contributed by atoms with Crippen LogP contribution in [0.1, 0.15) is 28.9 Å². The zero-order valence-corrected chi connectivity index (χ0v) is 15.6. The molecule has 0 spiro atoms. The zero-order valence-electron chi connectivity index (χ0n) is 14.0. The van der Waals surface area contributed by atoms with Gasteiger partial charge in [0, 0.05) is 24.0 Å². The third kappa shape index (κ3) is 3.76. The SMILES string of the molecule is CCn1cnnc1CCNC(=O)c1nnn(-c2cccc(Br)c2)c1C. The Morgan fingerprint density at radius 2 is 2.16 bits per heavy atom. The minimum absolute atomic E-state index is 0.249. The lowest BCUT2D eigenvalue weighted by atomic mass is 10.3. The number of nitrogens with one attached hydrogen (secondary N) is 1. The molecule has 0 bridgehead atoms. The maximum absolute atomic E-state index is 12.4. The first kappa shape index (κ1) is 17.3. The predicted molar refractivity (Wildman–Crippen MR) is 95.5 cm³/mol. The lowest BCUT2D eigenvalue weighted by Gasteiger charge is -2.06. The molecular formula is C16H18BrN7O. The highest BCUT2D eigenvalue weighted by molar-refractivity contribution is 9.10. The quantitative estimate of drug-likeness (QED) is 0.678. The van der Waals surface area contributed by atoms with Crippen LogP contribution in [0.2, 0.25) is 0 Å². The molecule has 3 rings (SSSR count). The summed E-state index contributed by atoms with van der Waals surface area (Å²) in [6.45, 7) is 5.11. The van der Waals surface area contributed by atoms with E-state index in [4.69, 9.17) is 0 Å². The van der Waals surface area contributed by atoms with Crippen molar-refractivity contribution in [3.63, 3.8) is 0 Å². The second-order valence-corrected chi connectivity index (χ2v) is 6.37. The summed E-state index contributed by atoms with van der Waals surface area (Å²) in [6, 6.07) is 7.66. The van der Waals surface area contributed by atoms with Crippen molar-refractivity contribution < 1.29 is 4.79 Å². The number of carbonyl (C=O) groups is 1. The second-order valence-electron chi connectivity index (χ2n) is 5.45. The van der Waals surface area contributed by atoms with Crippen molar-refractivity contribution in [2.75, 3.05) is 6.54 Å². The van der Waals surface area contributed by atoms with Gasteiger partial charge in [-0.25, -0.2) is 4.68 Å². The van der Waals surface area contributed by atoms with Gasteiger partial charge >= 0.3 is 0 Å². The van der Waals surface area contributed by atoms with Crippen molar-refractivity contribution >= 4 is 21.8 Å². The molecule has 8 nitrogen and oxygen atoms in total.